The van der Waals surface area contributed by atoms with Gasteiger partial charge in [-0.25, -0.2) is 0 Å². The van der Waals surface area contributed by atoms with Crippen molar-refractivity contribution < 1.29 is 9.72 Å². The van der Waals surface area contributed by atoms with Gasteiger partial charge in [-0.2, -0.15) is 0 Å². The number of alkyl halides is 1. The van der Waals surface area contributed by atoms with E-state index in [0.717, 1.165) is 24.2 Å². The average molecular weight is 333 g/mol. The Labute approximate surface area is 117 Å². The van der Waals surface area contributed by atoms with Crippen LogP contribution in [0.3, 0.4) is 0 Å². The molecule has 0 bridgehead atoms. The van der Waals surface area contributed by atoms with E-state index in [2.05, 4.69) is 15.9 Å². The molecule has 2 rings (SSSR count). The first-order valence-electron chi connectivity index (χ1n) is 5.61. The molecule has 0 unspecified atom stereocenters. The molecule has 0 saturated heterocycles. The van der Waals surface area contributed by atoms with Crippen molar-refractivity contribution in [2.24, 2.45) is 5.92 Å². The largest absolute Gasteiger partial charge is 0.341 e. The monoisotopic (exact) mass is 332 g/mol. The minimum Gasteiger partial charge on any atom is -0.341 e. The molecular weight excluding hydrogens is 320 g/mol. The second-order valence-corrected chi connectivity index (χ2v) is 6.87. The summed E-state index contributed by atoms with van der Waals surface area (Å²) >= 11 is 4.45. The van der Waals surface area contributed by atoms with Crippen LogP contribution in [0.15, 0.2) is 12.1 Å². The molecule has 0 aromatic carbocycles. The van der Waals surface area contributed by atoms with Crippen molar-refractivity contribution in [3.05, 3.63) is 27.1 Å². The summed E-state index contributed by atoms with van der Waals surface area (Å²) in [4.78, 5) is 24.8. The van der Waals surface area contributed by atoms with Crippen LogP contribution in [0, 0.1) is 16.0 Å². The number of nitro groups is 1. The number of carbonyl (C=O) groups is 1. The van der Waals surface area contributed by atoms with Gasteiger partial charge in [0.25, 0.3) is 5.91 Å². The maximum absolute atomic E-state index is 12.0. The second-order valence-electron chi connectivity index (χ2n) is 4.52. The Kier molecular flexibility index (Phi) is 4.01. The van der Waals surface area contributed by atoms with E-state index in [1.807, 2.05) is 0 Å². The Morgan fingerprint density at radius 3 is 2.78 bits per heavy atom. The summed E-state index contributed by atoms with van der Waals surface area (Å²) in [7, 11) is 1.75. The molecule has 0 atom stereocenters. The topological polar surface area (TPSA) is 63.5 Å². The van der Waals surface area contributed by atoms with Crippen molar-refractivity contribution in [2.75, 3.05) is 13.6 Å². The number of rotatable bonds is 4. The van der Waals surface area contributed by atoms with E-state index in [1.165, 1.54) is 12.1 Å². The predicted octanol–water partition coefficient (Wildman–Crippen LogP) is 2.90. The van der Waals surface area contributed by atoms with Gasteiger partial charge in [0.2, 0.25) is 0 Å². The van der Waals surface area contributed by atoms with E-state index in [1.54, 1.807) is 11.9 Å². The number of hydrogen-bond acceptors (Lipinski definition) is 4. The van der Waals surface area contributed by atoms with Gasteiger partial charge >= 0.3 is 5.00 Å². The molecule has 1 amide bonds. The predicted molar refractivity (Wildman–Crippen MR) is 73.4 cm³/mol. The molecular formula is C11H13BrN2O3S. The fraction of sp³-hybridized carbons (Fsp3) is 0.545. The molecule has 0 radical (unpaired) electrons. The van der Waals surface area contributed by atoms with Gasteiger partial charge < -0.3 is 4.90 Å². The zero-order valence-electron chi connectivity index (χ0n) is 9.84. The summed E-state index contributed by atoms with van der Waals surface area (Å²) in [6, 6.07) is 2.90. The van der Waals surface area contributed by atoms with Crippen molar-refractivity contribution in [3.8, 4) is 0 Å². The molecule has 18 heavy (non-hydrogen) atoms. The van der Waals surface area contributed by atoms with Crippen LogP contribution in [0.5, 0.6) is 0 Å². The Balaban J connectivity index is 1.94. The zero-order valence-corrected chi connectivity index (χ0v) is 12.2. The Bertz CT molecular complexity index is 471. The number of carbonyl (C=O) groups excluding carboxylic acids is 1. The van der Waals surface area contributed by atoms with Crippen molar-refractivity contribution >= 4 is 38.2 Å². The van der Waals surface area contributed by atoms with E-state index in [4.69, 9.17) is 0 Å². The van der Waals surface area contributed by atoms with Gasteiger partial charge in [0.05, 0.1) is 9.80 Å². The minimum absolute atomic E-state index is 0.0101. The Hall–Kier alpha value is -0.950. The van der Waals surface area contributed by atoms with Crippen LogP contribution in [0.25, 0.3) is 0 Å². The first-order valence-corrected chi connectivity index (χ1v) is 7.34. The van der Waals surface area contributed by atoms with Gasteiger partial charge in [-0.1, -0.05) is 27.3 Å². The smallest absolute Gasteiger partial charge is 0.324 e. The second kappa shape index (κ2) is 5.36. The lowest BCUT2D eigenvalue weighted by Gasteiger charge is -2.34. The lowest BCUT2D eigenvalue weighted by Crippen LogP contribution is -2.37. The standard InChI is InChI=1S/C11H13BrN2O3S/c1-13(6-7-4-8(12)5-7)11(15)9-2-3-10(18-9)14(16)17/h2-3,7-8H,4-6H2,1H3. The van der Waals surface area contributed by atoms with Crippen molar-refractivity contribution in [1.82, 2.24) is 4.90 Å². The highest BCUT2D eigenvalue weighted by Gasteiger charge is 2.29. The van der Waals surface area contributed by atoms with E-state index in [-0.39, 0.29) is 10.9 Å². The lowest BCUT2D eigenvalue weighted by molar-refractivity contribution is -0.380. The molecule has 0 aliphatic heterocycles. The van der Waals surface area contributed by atoms with E-state index in [9.17, 15) is 14.9 Å². The molecule has 1 aromatic rings. The van der Waals surface area contributed by atoms with Crippen LogP contribution >= 0.6 is 27.3 Å². The van der Waals surface area contributed by atoms with Crippen LogP contribution in [-0.2, 0) is 0 Å². The van der Waals surface area contributed by atoms with Crippen LogP contribution in [0.1, 0.15) is 22.5 Å². The fourth-order valence-corrected chi connectivity index (χ4v) is 3.87. The van der Waals surface area contributed by atoms with E-state index < -0.39 is 4.92 Å². The number of thiophene rings is 1. The minimum atomic E-state index is -0.469. The highest BCUT2D eigenvalue weighted by Crippen LogP contribution is 2.34. The van der Waals surface area contributed by atoms with Crippen molar-refractivity contribution in [2.45, 2.75) is 17.7 Å². The number of hydrogen-bond donors (Lipinski definition) is 0. The van der Waals surface area contributed by atoms with Crippen LogP contribution in [0.4, 0.5) is 5.00 Å². The molecule has 1 aromatic heterocycles. The van der Waals surface area contributed by atoms with Gasteiger partial charge in [0, 0.05) is 24.5 Å². The van der Waals surface area contributed by atoms with Crippen LogP contribution in [-0.4, -0.2) is 34.2 Å². The molecule has 7 heteroatoms. The fourth-order valence-electron chi connectivity index (χ4n) is 2.00. The first-order chi connectivity index (χ1) is 8.47. The lowest BCUT2D eigenvalue weighted by atomic mass is 9.85. The van der Waals surface area contributed by atoms with Crippen LogP contribution in [0.2, 0.25) is 0 Å². The SMILES string of the molecule is CN(CC1CC(Br)C1)C(=O)c1ccc([N+](=O)[O-])s1. The summed E-state index contributed by atoms with van der Waals surface area (Å²) in [6.45, 7) is 0.715. The summed E-state index contributed by atoms with van der Waals surface area (Å²) in [5, 5.41) is 10.6. The van der Waals surface area contributed by atoms with Gasteiger partial charge in [0.15, 0.2) is 0 Å². The van der Waals surface area contributed by atoms with Crippen molar-refractivity contribution in [3.63, 3.8) is 0 Å². The molecule has 0 N–H and O–H groups in total. The van der Waals surface area contributed by atoms with Crippen molar-refractivity contribution in [1.29, 1.82) is 0 Å². The third-order valence-corrected chi connectivity index (χ3v) is 4.81. The van der Waals surface area contributed by atoms with Gasteiger partial charge in [0.1, 0.15) is 0 Å². The van der Waals surface area contributed by atoms with Gasteiger partial charge in [-0.05, 0) is 24.8 Å². The highest BCUT2D eigenvalue weighted by atomic mass is 79.9. The molecule has 1 aliphatic rings. The normalized spacial score (nSPS) is 22.3. The van der Waals surface area contributed by atoms with Crippen LogP contribution < -0.4 is 0 Å². The van der Waals surface area contributed by atoms with Gasteiger partial charge in [-0.15, -0.1) is 0 Å². The molecule has 98 valence electrons. The Morgan fingerprint density at radius 2 is 2.28 bits per heavy atom. The van der Waals surface area contributed by atoms with Gasteiger partial charge in [-0.3, -0.25) is 14.9 Å². The molecule has 1 saturated carbocycles. The Morgan fingerprint density at radius 1 is 1.61 bits per heavy atom. The molecule has 1 heterocycles. The molecule has 5 nitrogen and oxygen atoms in total. The van der Waals surface area contributed by atoms with E-state index >= 15 is 0 Å². The quantitative estimate of drug-likeness (QED) is 0.483. The molecule has 0 spiro atoms. The highest BCUT2D eigenvalue weighted by molar-refractivity contribution is 9.09. The summed E-state index contributed by atoms with van der Waals surface area (Å²) in [5.74, 6) is 0.407. The average Bonchev–Trinajstić information content (AvgIpc) is 2.75. The maximum atomic E-state index is 12.0. The number of nitrogens with zero attached hydrogens (tertiary/aromatic N) is 2. The maximum Gasteiger partial charge on any atom is 0.324 e. The third-order valence-electron chi connectivity index (χ3n) is 3.04. The third kappa shape index (κ3) is 2.89. The number of amides is 1. The summed E-state index contributed by atoms with van der Waals surface area (Å²) in [6.07, 6.45) is 2.17. The van der Waals surface area contributed by atoms with E-state index in [0.29, 0.717) is 22.2 Å². The summed E-state index contributed by atoms with van der Waals surface area (Å²) < 4.78 is 0. The number of halogens is 1. The molecule has 1 aliphatic carbocycles. The molecule has 1 fully saturated rings. The first kappa shape index (κ1) is 13.5. The summed E-state index contributed by atoms with van der Waals surface area (Å²) in [5.41, 5.74) is 0. The zero-order chi connectivity index (χ0) is 13.3.